The summed E-state index contributed by atoms with van der Waals surface area (Å²) in [6.07, 6.45) is 101. The van der Waals surface area contributed by atoms with Gasteiger partial charge in [-0.15, -0.1) is 0 Å². The summed E-state index contributed by atoms with van der Waals surface area (Å²) in [4.78, 5) is 36.0. The van der Waals surface area contributed by atoms with Gasteiger partial charge in [-0.25, -0.2) is 4.57 Å². The Labute approximate surface area is 578 Å². The molecule has 0 saturated carbocycles. The van der Waals surface area contributed by atoms with Gasteiger partial charge >= 0.3 is 19.8 Å². The van der Waals surface area contributed by atoms with Gasteiger partial charge in [-0.2, -0.15) is 0 Å². The van der Waals surface area contributed by atoms with Gasteiger partial charge in [0.15, 0.2) is 6.10 Å². The molecule has 544 valence electrons. The van der Waals surface area contributed by atoms with Crippen LogP contribution in [0.5, 0.6) is 0 Å². The molecule has 0 aliphatic carbocycles. The molecule has 0 bridgehead atoms. The second-order valence-electron chi connectivity index (χ2n) is 28.4. The summed E-state index contributed by atoms with van der Waals surface area (Å²) in [5.74, 6) is -0.776. The van der Waals surface area contributed by atoms with E-state index in [1.165, 1.54) is 289 Å². The van der Waals surface area contributed by atoms with E-state index in [1.807, 2.05) is 21.1 Å². The van der Waals surface area contributed by atoms with Crippen LogP contribution in [0, 0.1) is 0 Å². The average molecular weight is 1330 g/mol. The quantitative estimate of drug-likeness (QED) is 0.0211. The highest BCUT2D eigenvalue weighted by atomic mass is 31.2. The molecule has 2 atom stereocenters. The first-order valence-corrected chi connectivity index (χ1v) is 41.7. The SMILES string of the molecule is CC/C=C\C/C=C\C/C=C\C/C=C\C/C=C\C/C=C\CCCCCCCCCCCCCCCCCCCCC(=O)OC(COC(=O)CCCCCCCCCCCCCCCCCCCCCCCCCCCCCCCCCC)COP(=O)(O)OCC[N+](C)(C)C. The van der Waals surface area contributed by atoms with E-state index >= 15 is 0 Å². The monoisotopic (exact) mass is 1330 g/mol. The third-order valence-corrected chi connectivity index (χ3v) is 19.0. The maximum Gasteiger partial charge on any atom is 0.472 e. The topological polar surface area (TPSA) is 108 Å². The largest absolute Gasteiger partial charge is 0.472 e. The Balaban J connectivity index is 3.93. The zero-order valence-electron chi connectivity index (χ0n) is 62.3. The van der Waals surface area contributed by atoms with Crippen molar-refractivity contribution in [2.45, 2.75) is 399 Å². The molecule has 0 aliphatic heterocycles. The number of hydrogen-bond donors (Lipinski definition) is 1. The number of likely N-dealkylation sites (N-methyl/N-ethyl adjacent to an activating group) is 1. The molecule has 2 unspecified atom stereocenters. The van der Waals surface area contributed by atoms with Crippen LogP contribution in [0.3, 0.4) is 0 Å². The standard InChI is InChI=1S/C83H154NO8P/c1-6-8-10-12-14-16-18-20-22-24-26-28-30-32-34-36-38-40-41-42-43-44-46-48-50-52-54-56-58-60-62-64-66-68-70-72-74-76-83(86)92-81(80-91-93(87,88)90-78-77-84(3,4)5)79-89-82(85)75-73-71-69-67-65-63-61-59-57-55-53-51-49-47-45-39-37-35-33-31-29-27-25-23-21-19-17-15-13-11-9-7-2/h8,10,14,16,20,22,26,28,32,34,38,40,81H,6-7,9,11-13,15,17-19,21,23-25,27,29-31,33,35-37,39,41-80H2,1-5H3/p+1/b10-8-,16-14-,22-20-,28-26-,34-32-,40-38-. The molecule has 0 heterocycles. The number of phosphoric acid groups is 1. The number of ether oxygens (including phenoxy) is 2. The lowest BCUT2D eigenvalue weighted by molar-refractivity contribution is -0.870. The highest BCUT2D eigenvalue weighted by molar-refractivity contribution is 7.47. The Morgan fingerprint density at radius 1 is 0.344 bits per heavy atom. The summed E-state index contributed by atoms with van der Waals surface area (Å²) in [6.45, 7) is 4.39. The predicted octanol–water partition coefficient (Wildman–Crippen LogP) is 26.7. The summed E-state index contributed by atoms with van der Waals surface area (Å²) in [7, 11) is 1.50. The summed E-state index contributed by atoms with van der Waals surface area (Å²) >= 11 is 0. The van der Waals surface area contributed by atoms with Crippen molar-refractivity contribution in [3.05, 3.63) is 72.9 Å². The van der Waals surface area contributed by atoms with Gasteiger partial charge in [-0.05, 0) is 64.2 Å². The minimum absolute atomic E-state index is 0.0333. The number of nitrogens with zero attached hydrogens (tertiary/aromatic N) is 1. The fraction of sp³-hybridized carbons (Fsp3) is 0.831. The Morgan fingerprint density at radius 2 is 0.613 bits per heavy atom. The van der Waals surface area contributed by atoms with E-state index in [9.17, 15) is 19.0 Å². The molecule has 0 radical (unpaired) electrons. The molecule has 93 heavy (non-hydrogen) atoms. The number of carbonyl (C=O) groups excluding carboxylic acids is 2. The van der Waals surface area contributed by atoms with Gasteiger partial charge in [-0.1, -0.05) is 389 Å². The molecule has 0 fully saturated rings. The molecule has 0 aromatic rings. The number of allylic oxidation sites excluding steroid dienone is 12. The van der Waals surface area contributed by atoms with Crippen molar-refractivity contribution in [1.82, 2.24) is 0 Å². The van der Waals surface area contributed by atoms with Crippen molar-refractivity contribution in [2.75, 3.05) is 47.5 Å². The van der Waals surface area contributed by atoms with Crippen LogP contribution in [0.25, 0.3) is 0 Å². The number of quaternary nitrogens is 1. The lowest BCUT2D eigenvalue weighted by atomic mass is 10.0. The molecule has 9 nitrogen and oxygen atoms in total. The smallest absolute Gasteiger partial charge is 0.462 e. The zero-order chi connectivity index (χ0) is 67.6. The third kappa shape index (κ3) is 78.3. The normalized spacial score (nSPS) is 13.4. The molecule has 0 aliphatic rings. The number of unbranched alkanes of at least 4 members (excludes halogenated alkanes) is 49. The van der Waals surface area contributed by atoms with Gasteiger partial charge in [-0.3, -0.25) is 18.6 Å². The second kappa shape index (κ2) is 73.7. The minimum Gasteiger partial charge on any atom is -0.462 e. The van der Waals surface area contributed by atoms with E-state index < -0.39 is 26.5 Å². The Morgan fingerprint density at radius 3 is 0.914 bits per heavy atom. The first-order chi connectivity index (χ1) is 45.5. The van der Waals surface area contributed by atoms with E-state index in [4.69, 9.17) is 18.5 Å². The zero-order valence-corrected chi connectivity index (χ0v) is 63.1. The Kier molecular flexibility index (Phi) is 71.7. The van der Waals surface area contributed by atoms with Crippen LogP contribution >= 0.6 is 7.82 Å². The van der Waals surface area contributed by atoms with Crippen LogP contribution in [0.4, 0.5) is 0 Å². The molecule has 0 saturated heterocycles. The van der Waals surface area contributed by atoms with Crippen molar-refractivity contribution >= 4 is 19.8 Å². The summed E-state index contributed by atoms with van der Waals surface area (Å²) < 4.78 is 34.8. The molecular weight excluding hydrogens is 1170 g/mol. The summed E-state index contributed by atoms with van der Waals surface area (Å²) in [5.41, 5.74) is 0. The fourth-order valence-electron chi connectivity index (χ4n) is 11.9. The first kappa shape index (κ1) is 90.5. The number of carbonyl (C=O) groups is 2. The van der Waals surface area contributed by atoms with Gasteiger partial charge < -0.3 is 18.9 Å². The van der Waals surface area contributed by atoms with Crippen molar-refractivity contribution in [3.8, 4) is 0 Å². The molecular formula is C83H155NO8P+. The van der Waals surface area contributed by atoms with E-state index in [-0.39, 0.29) is 25.6 Å². The molecule has 0 amide bonds. The molecule has 10 heteroatoms. The maximum atomic E-state index is 12.9. The van der Waals surface area contributed by atoms with Gasteiger partial charge in [0.1, 0.15) is 19.8 Å². The molecule has 0 aromatic carbocycles. The van der Waals surface area contributed by atoms with Crippen LogP contribution in [0.1, 0.15) is 393 Å². The lowest BCUT2D eigenvalue weighted by Gasteiger charge is -2.24. The highest BCUT2D eigenvalue weighted by Crippen LogP contribution is 2.43. The molecule has 0 aromatic heterocycles. The molecule has 0 rings (SSSR count). The summed E-state index contributed by atoms with van der Waals surface area (Å²) in [5, 5.41) is 0. The van der Waals surface area contributed by atoms with E-state index in [1.54, 1.807) is 0 Å². The van der Waals surface area contributed by atoms with Crippen LogP contribution in [0.2, 0.25) is 0 Å². The first-order valence-electron chi connectivity index (χ1n) is 40.2. The average Bonchev–Trinajstić information content (AvgIpc) is 2.27. The number of esters is 2. The highest BCUT2D eigenvalue weighted by Gasteiger charge is 2.27. The molecule has 1 N–H and O–H groups in total. The van der Waals surface area contributed by atoms with E-state index in [0.717, 1.165) is 70.6 Å². The molecule has 0 spiro atoms. The van der Waals surface area contributed by atoms with Crippen molar-refractivity contribution < 1.29 is 42.1 Å². The van der Waals surface area contributed by atoms with Crippen LogP contribution in [-0.4, -0.2) is 74.9 Å². The van der Waals surface area contributed by atoms with Crippen LogP contribution < -0.4 is 0 Å². The van der Waals surface area contributed by atoms with Crippen LogP contribution in [-0.2, 0) is 32.7 Å². The Hall–Kier alpha value is -2.55. The van der Waals surface area contributed by atoms with Crippen LogP contribution in [0.15, 0.2) is 72.9 Å². The van der Waals surface area contributed by atoms with E-state index in [2.05, 4.69) is 86.8 Å². The fourth-order valence-corrected chi connectivity index (χ4v) is 12.7. The number of phosphoric ester groups is 1. The second-order valence-corrected chi connectivity index (χ2v) is 29.9. The number of hydrogen-bond acceptors (Lipinski definition) is 7. The number of rotatable bonds is 75. The van der Waals surface area contributed by atoms with Crippen molar-refractivity contribution in [1.29, 1.82) is 0 Å². The van der Waals surface area contributed by atoms with Gasteiger partial charge in [0.2, 0.25) is 0 Å². The van der Waals surface area contributed by atoms with Crippen molar-refractivity contribution in [2.24, 2.45) is 0 Å². The van der Waals surface area contributed by atoms with Gasteiger partial charge in [0, 0.05) is 12.8 Å². The van der Waals surface area contributed by atoms with E-state index in [0.29, 0.717) is 23.9 Å². The Bertz CT molecular complexity index is 1800. The summed E-state index contributed by atoms with van der Waals surface area (Å²) in [6, 6.07) is 0. The predicted molar refractivity (Wildman–Crippen MR) is 404 cm³/mol. The van der Waals surface area contributed by atoms with Gasteiger partial charge in [0.25, 0.3) is 0 Å². The van der Waals surface area contributed by atoms with Gasteiger partial charge in [0.05, 0.1) is 27.7 Å². The minimum atomic E-state index is -4.39. The lowest BCUT2D eigenvalue weighted by Crippen LogP contribution is -2.37. The maximum absolute atomic E-state index is 12.9. The van der Waals surface area contributed by atoms with Crippen molar-refractivity contribution in [3.63, 3.8) is 0 Å². The third-order valence-electron chi connectivity index (χ3n) is 18.0.